The van der Waals surface area contributed by atoms with Gasteiger partial charge in [0.2, 0.25) is 0 Å². The molecule has 1 atom stereocenters. The van der Waals surface area contributed by atoms with Crippen LogP contribution in [0, 0.1) is 5.41 Å². The lowest BCUT2D eigenvalue weighted by Gasteiger charge is -2.39. The molecule has 1 aliphatic heterocycles. The number of benzene rings is 1. The van der Waals surface area contributed by atoms with Gasteiger partial charge in [-0.2, -0.15) is 0 Å². The van der Waals surface area contributed by atoms with Crippen LogP contribution in [-0.2, 0) is 4.74 Å². The first-order valence-corrected chi connectivity index (χ1v) is 5.84. The van der Waals surface area contributed by atoms with Gasteiger partial charge in [-0.25, -0.2) is 0 Å². The number of rotatable bonds is 4. The molecule has 1 unspecified atom stereocenters. The van der Waals surface area contributed by atoms with E-state index >= 15 is 0 Å². The summed E-state index contributed by atoms with van der Waals surface area (Å²) in [6.07, 6.45) is 0. The number of hydrogen-bond donors (Lipinski definition) is 3. The third-order valence-electron chi connectivity index (χ3n) is 3.23. The summed E-state index contributed by atoms with van der Waals surface area (Å²) in [4.78, 5) is 0. The van der Waals surface area contributed by atoms with E-state index in [0.29, 0.717) is 5.56 Å². The highest BCUT2D eigenvalue weighted by molar-refractivity contribution is 5.44. The molecule has 4 heteroatoms. The summed E-state index contributed by atoms with van der Waals surface area (Å²) in [6, 6.07) is 4.71. The molecule has 1 aromatic carbocycles. The van der Waals surface area contributed by atoms with Crippen LogP contribution in [0.2, 0.25) is 0 Å². The van der Waals surface area contributed by atoms with E-state index in [4.69, 9.17) is 4.74 Å². The van der Waals surface area contributed by atoms with Gasteiger partial charge in [-0.3, -0.25) is 0 Å². The van der Waals surface area contributed by atoms with E-state index in [9.17, 15) is 10.2 Å². The van der Waals surface area contributed by atoms with E-state index in [2.05, 4.69) is 12.2 Å². The molecule has 17 heavy (non-hydrogen) atoms. The van der Waals surface area contributed by atoms with Gasteiger partial charge in [0, 0.05) is 18.0 Å². The Balaban J connectivity index is 2.01. The van der Waals surface area contributed by atoms with Crippen LogP contribution in [0.1, 0.15) is 25.5 Å². The van der Waals surface area contributed by atoms with Crippen LogP contribution in [0.3, 0.4) is 0 Å². The van der Waals surface area contributed by atoms with Gasteiger partial charge in [-0.05, 0) is 19.1 Å². The lowest BCUT2D eigenvalue weighted by atomic mass is 9.88. The van der Waals surface area contributed by atoms with Crippen LogP contribution in [0.25, 0.3) is 0 Å². The Morgan fingerprint density at radius 2 is 1.94 bits per heavy atom. The number of aromatic hydroxyl groups is 2. The van der Waals surface area contributed by atoms with Crippen molar-refractivity contribution in [2.45, 2.75) is 19.9 Å². The summed E-state index contributed by atoms with van der Waals surface area (Å²) in [5.41, 5.74) is 0.727. The van der Waals surface area contributed by atoms with Crippen molar-refractivity contribution in [3.05, 3.63) is 23.8 Å². The number of phenolic OH excluding ortho intramolecular Hbond substituents is 2. The monoisotopic (exact) mass is 237 g/mol. The molecule has 1 fully saturated rings. The standard InChI is InChI=1S/C13H19NO3/c1-9(14-6-13(2)7-17-8-13)12-10(15)4-3-5-11(12)16/h3-5,9,14-16H,6-8H2,1-2H3. The molecular formula is C13H19NO3. The van der Waals surface area contributed by atoms with Crippen molar-refractivity contribution in [2.75, 3.05) is 19.8 Å². The van der Waals surface area contributed by atoms with E-state index in [1.165, 1.54) is 0 Å². The Bertz CT molecular complexity index is 381. The zero-order chi connectivity index (χ0) is 12.5. The maximum Gasteiger partial charge on any atom is 0.124 e. The molecule has 94 valence electrons. The zero-order valence-electron chi connectivity index (χ0n) is 10.2. The maximum atomic E-state index is 9.74. The third-order valence-corrected chi connectivity index (χ3v) is 3.23. The van der Waals surface area contributed by atoms with E-state index in [-0.39, 0.29) is 23.0 Å². The fraction of sp³-hybridized carbons (Fsp3) is 0.538. The average Bonchev–Trinajstić information content (AvgIpc) is 2.23. The van der Waals surface area contributed by atoms with Gasteiger partial charge in [-0.1, -0.05) is 13.0 Å². The molecule has 1 saturated heterocycles. The molecule has 4 nitrogen and oxygen atoms in total. The second kappa shape index (κ2) is 4.55. The lowest BCUT2D eigenvalue weighted by molar-refractivity contribution is -0.0999. The first-order chi connectivity index (χ1) is 8.02. The van der Waals surface area contributed by atoms with Crippen molar-refractivity contribution in [3.63, 3.8) is 0 Å². The van der Waals surface area contributed by atoms with Gasteiger partial charge in [0.05, 0.1) is 18.8 Å². The SMILES string of the molecule is CC(NCC1(C)COC1)c1c(O)cccc1O. The summed E-state index contributed by atoms with van der Waals surface area (Å²) in [5.74, 6) is 0.250. The van der Waals surface area contributed by atoms with Crippen LogP contribution >= 0.6 is 0 Å². The van der Waals surface area contributed by atoms with Crippen molar-refractivity contribution in [2.24, 2.45) is 5.41 Å². The van der Waals surface area contributed by atoms with Gasteiger partial charge in [0.1, 0.15) is 11.5 Å². The van der Waals surface area contributed by atoms with Crippen molar-refractivity contribution in [1.29, 1.82) is 0 Å². The molecule has 0 amide bonds. The minimum Gasteiger partial charge on any atom is -0.507 e. The van der Waals surface area contributed by atoms with Crippen LogP contribution < -0.4 is 5.32 Å². The quantitative estimate of drug-likeness (QED) is 0.747. The lowest BCUT2D eigenvalue weighted by Crippen LogP contribution is -2.47. The van der Waals surface area contributed by atoms with Gasteiger partial charge in [0.25, 0.3) is 0 Å². The van der Waals surface area contributed by atoms with Gasteiger partial charge < -0.3 is 20.3 Å². The van der Waals surface area contributed by atoms with E-state index in [1.54, 1.807) is 18.2 Å². The van der Waals surface area contributed by atoms with E-state index in [1.807, 2.05) is 6.92 Å². The average molecular weight is 237 g/mol. The molecule has 3 N–H and O–H groups in total. The normalized spacial score (nSPS) is 19.6. The molecule has 0 radical (unpaired) electrons. The zero-order valence-corrected chi connectivity index (χ0v) is 10.2. The van der Waals surface area contributed by atoms with Crippen molar-refractivity contribution < 1.29 is 14.9 Å². The first-order valence-electron chi connectivity index (χ1n) is 5.84. The largest absolute Gasteiger partial charge is 0.507 e. The summed E-state index contributed by atoms with van der Waals surface area (Å²) in [5, 5.41) is 22.8. The van der Waals surface area contributed by atoms with Crippen molar-refractivity contribution in [1.82, 2.24) is 5.32 Å². The Labute approximate surface area is 101 Å². The molecule has 1 aliphatic rings. The first kappa shape index (κ1) is 12.2. The van der Waals surface area contributed by atoms with Crippen LogP contribution in [0.5, 0.6) is 11.5 Å². The molecule has 0 aliphatic carbocycles. The molecule has 0 saturated carbocycles. The summed E-state index contributed by atoms with van der Waals surface area (Å²) in [6.45, 7) is 6.42. The fourth-order valence-electron chi connectivity index (χ4n) is 2.04. The highest BCUT2D eigenvalue weighted by Crippen LogP contribution is 2.33. The second-order valence-electron chi connectivity index (χ2n) is 5.12. The van der Waals surface area contributed by atoms with E-state index in [0.717, 1.165) is 19.8 Å². The fourth-order valence-corrected chi connectivity index (χ4v) is 2.04. The highest BCUT2D eigenvalue weighted by atomic mass is 16.5. The minimum atomic E-state index is -0.0892. The number of nitrogens with one attached hydrogen (secondary N) is 1. The smallest absolute Gasteiger partial charge is 0.124 e. The molecule has 2 rings (SSSR count). The Morgan fingerprint density at radius 3 is 2.41 bits per heavy atom. The summed E-state index contributed by atoms with van der Waals surface area (Å²) >= 11 is 0. The number of ether oxygens (including phenoxy) is 1. The topological polar surface area (TPSA) is 61.7 Å². The Morgan fingerprint density at radius 1 is 1.35 bits per heavy atom. The van der Waals surface area contributed by atoms with E-state index < -0.39 is 0 Å². The molecule has 0 bridgehead atoms. The third kappa shape index (κ3) is 2.53. The minimum absolute atomic E-state index is 0.0892. The predicted octanol–water partition coefficient (Wildman–Crippen LogP) is 1.78. The molecular weight excluding hydrogens is 218 g/mol. The van der Waals surface area contributed by atoms with Gasteiger partial charge in [0.15, 0.2) is 0 Å². The number of hydrogen-bond acceptors (Lipinski definition) is 4. The van der Waals surface area contributed by atoms with Crippen molar-refractivity contribution >= 4 is 0 Å². The maximum absolute atomic E-state index is 9.74. The van der Waals surface area contributed by atoms with Gasteiger partial charge >= 0.3 is 0 Å². The molecule has 1 aromatic rings. The van der Waals surface area contributed by atoms with Gasteiger partial charge in [-0.15, -0.1) is 0 Å². The summed E-state index contributed by atoms with van der Waals surface area (Å²) < 4.78 is 5.18. The van der Waals surface area contributed by atoms with Crippen LogP contribution in [0.4, 0.5) is 0 Å². The molecule has 0 aromatic heterocycles. The Hall–Kier alpha value is -1.26. The molecule has 1 heterocycles. The summed E-state index contributed by atoms with van der Waals surface area (Å²) in [7, 11) is 0. The predicted molar refractivity (Wildman–Crippen MR) is 65.1 cm³/mol. The number of phenols is 2. The molecule has 0 spiro atoms. The Kier molecular flexibility index (Phi) is 3.26. The van der Waals surface area contributed by atoms with Crippen molar-refractivity contribution in [3.8, 4) is 11.5 Å². The highest BCUT2D eigenvalue weighted by Gasteiger charge is 2.33. The van der Waals surface area contributed by atoms with Crippen LogP contribution in [0.15, 0.2) is 18.2 Å². The van der Waals surface area contributed by atoms with Crippen LogP contribution in [-0.4, -0.2) is 30.0 Å². The second-order valence-corrected chi connectivity index (χ2v) is 5.12.